The highest BCUT2D eigenvalue weighted by Gasteiger charge is 2.31. The van der Waals surface area contributed by atoms with E-state index in [4.69, 9.17) is 0 Å². The fourth-order valence-electron chi connectivity index (χ4n) is 2.43. The molecule has 0 aromatic heterocycles. The van der Waals surface area contributed by atoms with Crippen LogP contribution in [0.25, 0.3) is 0 Å². The van der Waals surface area contributed by atoms with E-state index in [-0.39, 0.29) is 5.60 Å². The fraction of sp³-hybridized carbons (Fsp3) is 1.00. The van der Waals surface area contributed by atoms with Crippen molar-refractivity contribution >= 4 is 0 Å². The zero-order chi connectivity index (χ0) is 11.3. The van der Waals surface area contributed by atoms with Crippen LogP contribution in [-0.2, 0) is 0 Å². The van der Waals surface area contributed by atoms with E-state index in [0.29, 0.717) is 0 Å². The summed E-state index contributed by atoms with van der Waals surface area (Å²) in [4.78, 5) is 4.48. The highest BCUT2D eigenvalue weighted by Crippen LogP contribution is 2.29. The van der Waals surface area contributed by atoms with Gasteiger partial charge in [0.2, 0.25) is 0 Å². The molecular formula is C12H26N2O. The van der Waals surface area contributed by atoms with Crippen LogP contribution >= 0.6 is 0 Å². The number of nitrogens with zero attached hydrogens (tertiary/aromatic N) is 2. The third-order valence-electron chi connectivity index (χ3n) is 3.24. The summed E-state index contributed by atoms with van der Waals surface area (Å²) in [5.41, 5.74) is -0.382. The van der Waals surface area contributed by atoms with E-state index in [1.165, 1.54) is 19.3 Å². The van der Waals surface area contributed by atoms with Gasteiger partial charge in [-0.3, -0.25) is 0 Å². The Morgan fingerprint density at radius 1 is 1.07 bits per heavy atom. The topological polar surface area (TPSA) is 26.7 Å². The smallest absolute Gasteiger partial charge is 0.0774 e. The van der Waals surface area contributed by atoms with Crippen LogP contribution < -0.4 is 0 Å². The van der Waals surface area contributed by atoms with Crippen molar-refractivity contribution in [1.29, 1.82) is 0 Å². The maximum atomic E-state index is 10.2. The van der Waals surface area contributed by atoms with Gasteiger partial charge in [0.1, 0.15) is 0 Å². The van der Waals surface area contributed by atoms with E-state index in [2.05, 4.69) is 30.9 Å². The molecule has 1 aliphatic rings. The van der Waals surface area contributed by atoms with E-state index < -0.39 is 0 Å². The summed E-state index contributed by atoms with van der Waals surface area (Å²) in [6, 6.07) is 0. The standard InChI is InChI=1S/C12H26N2O/c1-13(2)9-6-10-14(3)11-12(15)7-4-5-8-12/h15H,4-11H2,1-3H3. The lowest BCUT2D eigenvalue weighted by atomic mass is 10.0. The zero-order valence-corrected chi connectivity index (χ0v) is 10.5. The third-order valence-corrected chi connectivity index (χ3v) is 3.24. The molecule has 0 heterocycles. The first kappa shape index (κ1) is 12.9. The van der Waals surface area contributed by atoms with Gasteiger partial charge in [0.15, 0.2) is 0 Å². The SMILES string of the molecule is CN(C)CCCN(C)CC1(O)CCCC1. The van der Waals surface area contributed by atoms with Crippen molar-refractivity contribution in [2.45, 2.75) is 37.7 Å². The quantitative estimate of drug-likeness (QED) is 0.719. The maximum Gasteiger partial charge on any atom is 0.0774 e. The van der Waals surface area contributed by atoms with Crippen LogP contribution in [0, 0.1) is 0 Å². The molecule has 0 atom stereocenters. The minimum atomic E-state index is -0.382. The molecular weight excluding hydrogens is 188 g/mol. The summed E-state index contributed by atoms with van der Waals surface area (Å²) >= 11 is 0. The number of hydrogen-bond donors (Lipinski definition) is 1. The number of hydrogen-bond acceptors (Lipinski definition) is 3. The maximum absolute atomic E-state index is 10.2. The van der Waals surface area contributed by atoms with Crippen molar-refractivity contribution in [3.63, 3.8) is 0 Å². The van der Waals surface area contributed by atoms with Crippen molar-refractivity contribution < 1.29 is 5.11 Å². The molecule has 1 fully saturated rings. The largest absolute Gasteiger partial charge is 0.389 e. The summed E-state index contributed by atoms with van der Waals surface area (Å²) in [6.07, 6.45) is 5.56. The summed E-state index contributed by atoms with van der Waals surface area (Å²) in [5.74, 6) is 0. The van der Waals surface area contributed by atoms with E-state index in [1.54, 1.807) is 0 Å². The van der Waals surface area contributed by atoms with E-state index in [1.807, 2.05) is 0 Å². The van der Waals surface area contributed by atoms with E-state index in [9.17, 15) is 5.11 Å². The Bertz CT molecular complexity index is 176. The highest BCUT2D eigenvalue weighted by molar-refractivity contribution is 4.86. The number of rotatable bonds is 6. The molecule has 3 nitrogen and oxygen atoms in total. The Morgan fingerprint density at radius 2 is 1.67 bits per heavy atom. The molecule has 0 aliphatic heterocycles. The molecule has 0 unspecified atom stereocenters. The molecule has 0 aromatic rings. The molecule has 0 radical (unpaired) electrons. The number of aliphatic hydroxyl groups is 1. The molecule has 0 bridgehead atoms. The van der Waals surface area contributed by atoms with Gasteiger partial charge in [0, 0.05) is 6.54 Å². The predicted octanol–water partition coefficient (Wildman–Crippen LogP) is 1.17. The van der Waals surface area contributed by atoms with Crippen LogP contribution in [0.4, 0.5) is 0 Å². The Labute approximate surface area is 94.1 Å². The van der Waals surface area contributed by atoms with Gasteiger partial charge in [-0.25, -0.2) is 0 Å². The van der Waals surface area contributed by atoms with Crippen LogP contribution in [0.2, 0.25) is 0 Å². The molecule has 0 spiro atoms. The first-order valence-electron chi connectivity index (χ1n) is 6.07. The van der Waals surface area contributed by atoms with Crippen LogP contribution in [0.5, 0.6) is 0 Å². The zero-order valence-electron chi connectivity index (χ0n) is 10.5. The molecule has 1 aliphatic carbocycles. The Morgan fingerprint density at radius 3 is 2.20 bits per heavy atom. The van der Waals surface area contributed by atoms with Crippen molar-refractivity contribution in [3.8, 4) is 0 Å². The first-order valence-corrected chi connectivity index (χ1v) is 6.07. The van der Waals surface area contributed by atoms with Crippen molar-refractivity contribution in [3.05, 3.63) is 0 Å². The average molecular weight is 214 g/mol. The molecule has 1 rings (SSSR count). The Hall–Kier alpha value is -0.120. The van der Waals surface area contributed by atoms with Gasteiger partial charge in [-0.2, -0.15) is 0 Å². The van der Waals surface area contributed by atoms with Gasteiger partial charge in [-0.15, -0.1) is 0 Å². The minimum Gasteiger partial charge on any atom is -0.389 e. The molecule has 1 N–H and O–H groups in total. The summed E-state index contributed by atoms with van der Waals surface area (Å²) in [7, 11) is 6.32. The molecule has 1 saturated carbocycles. The van der Waals surface area contributed by atoms with Gasteiger partial charge >= 0.3 is 0 Å². The minimum absolute atomic E-state index is 0.382. The summed E-state index contributed by atoms with van der Waals surface area (Å²) in [6.45, 7) is 3.06. The molecule has 0 saturated heterocycles. The highest BCUT2D eigenvalue weighted by atomic mass is 16.3. The average Bonchev–Trinajstić information content (AvgIpc) is 2.50. The first-order chi connectivity index (χ1) is 7.02. The second kappa shape index (κ2) is 5.83. The normalized spacial score (nSPS) is 20.4. The van der Waals surface area contributed by atoms with Crippen LogP contribution in [0.3, 0.4) is 0 Å². The van der Waals surface area contributed by atoms with E-state index in [0.717, 1.165) is 32.5 Å². The Balaban J connectivity index is 2.14. The van der Waals surface area contributed by atoms with Gasteiger partial charge in [0.25, 0.3) is 0 Å². The van der Waals surface area contributed by atoms with Crippen molar-refractivity contribution in [2.24, 2.45) is 0 Å². The molecule has 90 valence electrons. The fourth-order valence-corrected chi connectivity index (χ4v) is 2.43. The van der Waals surface area contributed by atoms with Crippen molar-refractivity contribution in [2.75, 3.05) is 40.8 Å². The molecule has 15 heavy (non-hydrogen) atoms. The molecule has 0 amide bonds. The summed E-state index contributed by atoms with van der Waals surface area (Å²) in [5, 5.41) is 10.2. The van der Waals surface area contributed by atoms with Crippen LogP contribution in [-0.4, -0.2) is 61.3 Å². The second-order valence-electron chi connectivity index (χ2n) is 5.33. The van der Waals surface area contributed by atoms with Gasteiger partial charge in [-0.1, -0.05) is 12.8 Å². The van der Waals surface area contributed by atoms with Gasteiger partial charge < -0.3 is 14.9 Å². The molecule has 0 aromatic carbocycles. The second-order valence-corrected chi connectivity index (χ2v) is 5.33. The monoisotopic (exact) mass is 214 g/mol. The van der Waals surface area contributed by atoms with Crippen LogP contribution in [0.1, 0.15) is 32.1 Å². The Kier molecular flexibility index (Phi) is 5.03. The lowest BCUT2D eigenvalue weighted by Crippen LogP contribution is -2.40. The van der Waals surface area contributed by atoms with E-state index >= 15 is 0 Å². The number of likely N-dealkylation sites (N-methyl/N-ethyl adjacent to an activating group) is 1. The lowest BCUT2D eigenvalue weighted by Gasteiger charge is -2.28. The van der Waals surface area contributed by atoms with Crippen LogP contribution in [0.15, 0.2) is 0 Å². The van der Waals surface area contributed by atoms with Gasteiger partial charge in [0.05, 0.1) is 5.60 Å². The van der Waals surface area contributed by atoms with Gasteiger partial charge in [-0.05, 0) is 53.5 Å². The predicted molar refractivity (Wildman–Crippen MR) is 64.1 cm³/mol. The van der Waals surface area contributed by atoms with Crippen molar-refractivity contribution in [1.82, 2.24) is 9.80 Å². The lowest BCUT2D eigenvalue weighted by molar-refractivity contribution is 0.0159. The molecule has 3 heteroatoms. The summed E-state index contributed by atoms with van der Waals surface area (Å²) < 4.78 is 0. The third kappa shape index (κ3) is 4.96.